The number of nitrogens with zero attached hydrogens (tertiary/aromatic N) is 4. The SMILES string of the molecule is COc1ccccc1CN(C)c1nsc(N(C)Cc2ccccc2OC)n1. The molecule has 2 aromatic carbocycles. The maximum atomic E-state index is 5.43. The zero-order valence-electron chi connectivity index (χ0n) is 16.0. The highest BCUT2D eigenvalue weighted by atomic mass is 32.1. The Hall–Kier alpha value is -2.80. The third-order valence-electron chi connectivity index (χ3n) is 4.27. The molecule has 6 nitrogen and oxygen atoms in total. The molecule has 0 atom stereocenters. The molecule has 0 saturated carbocycles. The molecule has 0 aliphatic heterocycles. The Bertz CT molecular complexity index is 814. The molecule has 1 aromatic heterocycles. The Morgan fingerprint density at radius 2 is 1.33 bits per heavy atom. The quantitative estimate of drug-likeness (QED) is 0.588. The zero-order chi connectivity index (χ0) is 19.2. The lowest BCUT2D eigenvalue weighted by Gasteiger charge is -2.18. The minimum atomic E-state index is 0.677. The van der Waals surface area contributed by atoms with Crippen molar-refractivity contribution < 1.29 is 9.47 Å². The van der Waals surface area contributed by atoms with Gasteiger partial charge in [0.2, 0.25) is 11.1 Å². The first-order chi connectivity index (χ1) is 13.1. The van der Waals surface area contributed by atoms with Crippen molar-refractivity contribution in [1.29, 1.82) is 0 Å². The van der Waals surface area contributed by atoms with Gasteiger partial charge < -0.3 is 19.3 Å². The number of hydrogen-bond acceptors (Lipinski definition) is 7. The van der Waals surface area contributed by atoms with E-state index < -0.39 is 0 Å². The Kier molecular flexibility index (Phi) is 6.13. The van der Waals surface area contributed by atoms with E-state index in [4.69, 9.17) is 14.5 Å². The largest absolute Gasteiger partial charge is 0.496 e. The Balaban J connectivity index is 1.70. The molecule has 0 fully saturated rings. The number of rotatable bonds is 8. The molecule has 1 heterocycles. The lowest BCUT2D eigenvalue weighted by atomic mass is 10.2. The van der Waals surface area contributed by atoms with E-state index in [2.05, 4.69) is 21.4 Å². The first-order valence-electron chi connectivity index (χ1n) is 8.62. The van der Waals surface area contributed by atoms with Crippen molar-refractivity contribution in [1.82, 2.24) is 9.36 Å². The normalized spacial score (nSPS) is 10.5. The zero-order valence-corrected chi connectivity index (χ0v) is 16.9. The lowest BCUT2D eigenvalue weighted by molar-refractivity contribution is 0.409. The number of hydrogen-bond donors (Lipinski definition) is 0. The van der Waals surface area contributed by atoms with Crippen molar-refractivity contribution >= 4 is 22.6 Å². The third kappa shape index (κ3) is 4.49. The van der Waals surface area contributed by atoms with Crippen LogP contribution in [-0.4, -0.2) is 37.7 Å². The summed E-state index contributed by atoms with van der Waals surface area (Å²) in [6.45, 7) is 1.38. The molecule has 0 aliphatic carbocycles. The summed E-state index contributed by atoms with van der Waals surface area (Å²) in [5.41, 5.74) is 2.21. The summed E-state index contributed by atoms with van der Waals surface area (Å²) < 4.78 is 15.4. The van der Waals surface area contributed by atoms with Crippen LogP contribution in [0, 0.1) is 0 Å². The van der Waals surface area contributed by atoms with E-state index >= 15 is 0 Å². The molecule has 0 bridgehead atoms. The summed E-state index contributed by atoms with van der Waals surface area (Å²) in [6.07, 6.45) is 0. The highest BCUT2D eigenvalue weighted by Crippen LogP contribution is 2.26. The maximum absolute atomic E-state index is 5.43. The second-order valence-electron chi connectivity index (χ2n) is 6.21. The molecule has 0 radical (unpaired) electrons. The summed E-state index contributed by atoms with van der Waals surface area (Å²) >= 11 is 1.39. The van der Waals surface area contributed by atoms with Crippen molar-refractivity contribution in [2.24, 2.45) is 0 Å². The number of para-hydroxylation sites is 2. The highest BCUT2D eigenvalue weighted by molar-refractivity contribution is 7.09. The first-order valence-corrected chi connectivity index (χ1v) is 9.39. The highest BCUT2D eigenvalue weighted by Gasteiger charge is 2.15. The van der Waals surface area contributed by atoms with Gasteiger partial charge >= 0.3 is 0 Å². The van der Waals surface area contributed by atoms with Gasteiger partial charge in [0.15, 0.2) is 0 Å². The van der Waals surface area contributed by atoms with Crippen LogP contribution in [0.15, 0.2) is 48.5 Å². The van der Waals surface area contributed by atoms with Crippen LogP contribution >= 0.6 is 11.5 Å². The molecule has 0 spiro atoms. The first kappa shape index (κ1) is 19.0. The monoisotopic (exact) mass is 384 g/mol. The minimum Gasteiger partial charge on any atom is -0.496 e. The van der Waals surface area contributed by atoms with Gasteiger partial charge in [-0.1, -0.05) is 36.4 Å². The van der Waals surface area contributed by atoms with Crippen LogP contribution in [0.5, 0.6) is 11.5 Å². The van der Waals surface area contributed by atoms with Crippen molar-refractivity contribution in [2.45, 2.75) is 13.1 Å². The van der Waals surface area contributed by atoms with E-state index in [1.807, 2.05) is 55.4 Å². The molecular formula is C20H24N4O2S. The van der Waals surface area contributed by atoms with Gasteiger partial charge in [-0.2, -0.15) is 9.36 Å². The van der Waals surface area contributed by atoms with Gasteiger partial charge in [0.1, 0.15) is 11.5 Å². The van der Waals surface area contributed by atoms with E-state index in [1.165, 1.54) is 11.5 Å². The fourth-order valence-corrected chi connectivity index (χ4v) is 3.50. The minimum absolute atomic E-state index is 0.677. The van der Waals surface area contributed by atoms with E-state index in [0.717, 1.165) is 27.8 Å². The molecule has 0 amide bonds. The standard InChI is InChI=1S/C20H24N4O2S/c1-23(13-15-9-5-7-11-17(15)25-3)19-21-20(27-22-19)24(2)14-16-10-6-8-12-18(16)26-4/h5-12H,13-14H2,1-4H3. The predicted octanol–water partition coefficient (Wildman–Crippen LogP) is 3.83. The number of aromatic nitrogens is 2. The van der Waals surface area contributed by atoms with Crippen molar-refractivity contribution in [3.05, 3.63) is 59.7 Å². The second-order valence-corrected chi connectivity index (χ2v) is 6.94. The van der Waals surface area contributed by atoms with Crippen LogP contribution in [0.3, 0.4) is 0 Å². The van der Waals surface area contributed by atoms with Crippen LogP contribution in [0.1, 0.15) is 11.1 Å². The summed E-state index contributed by atoms with van der Waals surface area (Å²) in [5, 5.41) is 0.864. The van der Waals surface area contributed by atoms with Crippen molar-refractivity contribution in [2.75, 3.05) is 38.1 Å². The van der Waals surface area contributed by atoms with E-state index in [9.17, 15) is 0 Å². The van der Waals surface area contributed by atoms with Crippen LogP contribution in [0.2, 0.25) is 0 Å². The topological polar surface area (TPSA) is 50.7 Å². The second kappa shape index (κ2) is 8.73. The number of ether oxygens (including phenoxy) is 2. The Morgan fingerprint density at radius 3 is 1.89 bits per heavy atom. The summed E-state index contributed by atoms with van der Waals surface area (Å²) in [7, 11) is 7.37. The molecule has 0 unspecified atom stereocenters. The van der Waals surface area contributed by atoms with E-state index in [1.54, 1.807) is 14.2 Å². The average molecular weight is 385 g/mol. The van der Waals surface area contributed by atoms with Crippen molar-refractivity contribution in [3.8, 4) is 11.5 Å². The van der Waals surface area contributed by atoms with Gasteiger partial charge in [-0.15, -0.1) is 0 Å². The molecule has 0 aliphatic rings. The third-order valence-corrected chi connectivity index (χ3v) is 5.09. The molecule has 7 heteroatoms. The van der Waals surface area contributed by atoms with Gasteiger partial charge in [-0.05, 0) is 12.1 Å². The van der Waals surface area contributed by atoms with Crippen molar-refractivity contribution in [3.63, 3.8) is 0 Å². The van der Waals surface area contributed by atoms with E-state index in [0.29, 0.717) is 19.0 Å². The summed E-state index contributed by atoms with van der Waals surface area (Å²) in [6, 6.07) is 16.0. The van der Waals surface area contributed by atoms with Gasteiger partial charge in [0, 0.05) is 49.8 Å². The number of anilines is 2. The summed E-state index contributed by atoms with van der Waals surface area (Å²) in [4.78, 5) is 8.79. The molecule has 0 saturated heterocycles. The Labute approximate surface area is 164 Å². The molecule has 3 aromatic rings. The molecular weight excluding hydrogens is 360 g/mol. The molecule has 3 rings (SSSR count). The molecule has 27 heavy (non-hydrogen) atoms. The van der Waals surface area contributed by atoms with Gasteiger partial charge in [0.05, 0.1) is 14.2 Å². The van der Waals surface area contributed by atoms with Gasteiger partial charge in [-0.25, -0.2) is 0 Å². The lowest BCUT2D eigenvalue weighted by Crippen LogP contribution is -2.19. The molecule has 142 valence electrons. The number of benzene rings is 2. The summed E-state index contributed by atoms with van der Waals surface area (Å²) in [5.74, 6) is 2.45. The van der Waals surface area contributed by atoms with Crippen LogP contribution in [0.4, 0.5) is 11.1 Å². The van der Waals surface area contributed by atoms with Crippen LogP contribution in [-0.2, 0) is 13.1 Å². The van der Waals surface area contributed by atoms with Crippen LogP contribution < -0.4 is 19.3 Å². The van der Waals surface area contributed by atoms with Crippen LogP contribution in [0.25, 0.3) is 0 Å². The average Bonchev–Trinajstić information content (AvgIpc) is 3.19. The van der Waals surface area contributed by atoms with E-state index in [-0.39, 0.29) is 0 Å². The smallest absolute Gasteiger partial charge is 0.239 e. The predicted molar refractivity (Wildman–Crippen MR) is 110 cm³/mol. The fourth-order valence-electron chi connectivity index (χ4n) is 2.83. The molecule has 0 N–H and O–H groups in total. The van der Waals surface area contributed by atoms with Gasteiger partial charge in [-0.3, -0.25) is 0 Å². The fraction of sp³-hybridized carbons (Fsp3) is 0.300. The Morgan fingerprint density at radius 1 is 0.815 bits per heavy atom. The van der Waals surface area contributed by atoms with Gasteiger partial charge in [0.25, 0.3) is 0 Å². The maximum Gasteiger partial charge on any atom is 0.239 e. The number of methoxy groups -OCH3 is 2.